The molecular weight excluding hydrogens is 294 g/mol. The van der Waals surface area contributed by atoms with Crippen molar-refractivity contribution in [2.75, 3.05) is 0 Å². The van der Waals surface area contributed by atoms with E-state index < -0.39 is 0 Å². The van der Waals surface area contributed by atoms with Gasteiger partial charge in [-0.15, -0.1) is 0 Å². The molecule has 0 fully saturated rings. The summed E-state index contributed by atoms with van der Waals surface area (Å²) in [6.45, 7) is 7.72. The second-order valence-electron chi connectivity index (χ2n) is 5.16. The Hall–Kier alpha value is -3.33. The average molecular weight is 311 g/mol. The highest BCUT2D eigenvalue weighted by Crippen LogP contribution is 2.22. The van der Waals surface area contributed by atoms with E-state index in [-0.39, 0.29) is 0 Å². The van der Waals surface area contributed by atoms with E-state index in [4.69, 9.17) is 0 Å². The third-order valence-corrected chi connectivity index (χ3v) is 3.42. The fraction of sp³-hybridized carbons (Fsp3) is 0. The van der Waals surface area contributed by atoms with Crippen LogP contribution < -0.4 is 0 Å². The summed E-state index contributed by atoms with van der Waals surface area (Å²) in [5, 5.41) is 0. The minimum atomic E-state index is 0.556. The fourth-order valence-electron chi connectivity index (χ4n) is 2.21. The van der Waals surface area contributed by atoms with Gasteiger partial charge in [-0.05, 0) is 0 Å². The zero-order chi connectivity index (χ0) is 16.8. The van der Waals surface area contributed by atoms with Crippen LogP contribution in [-0.2, 0) is 0 Å². The monoisotopic (exact) mass is 311 g/mol. The summed E-state index contributed by atoms with van der Waals surface area (Å²) >= 11 is 0. The summed E-state index contributed by atoms with van der Waals surface area (Å²) in [5.41, 5.74) is 2.60. The Labute approximate surface area is 141 Å². The summed E-state index contributed by atoms with van der Waals surface area (Å²) in [6.07, 6.45) is 5.35. The Balaban J connectivity index is 2.14. The highest BCUT2D eigenvalue weighted by Gasteiger charge is 2.11. The van der Waals surface area contributed by atoms with E-state index >= 15 is 0 Å². The third-order valence-electron chi connectivity index (χ3n) is 3.42. The summed E-state index contributed by atoms with van der Waals surface area (Å²) in [5.74, 6) is 1.82. The first-order valence-corrected chi connectivity index (χ1v) is 7.63. The largest absolute Gasteiger partial charge is 0.208 e. The number of allylic oxidation sites excluding steroid dienone is 4. The van der Waals surface area contributed by atoms with Crippen LogP contribution in [0.4, 0.5) is 0 Å². The molecule has 1 aromatic heterocycles. The molecule has 0 atom stereocenters. The molecule has 0 aliphatic carbocycles. The van der Waals surface area contributed by atoms with Gasteiger partial charge in [0.2, 0.25) is 0 Å². The summed E-state index contributed by atoms with van der Waals surface area (Å²) < 4.78 is 0. The predicted molar refractivity (Wildman–Crippen MR) is 99.1 cm³/mol. The molecule has 0 unspecified atom stereocenters. The second-order valence-corrected chi connectivity index (χ2v) is 5.16. The maximum atomic E-state index is 4.63. The standard InChI is InChI=1S/C21H17N3/c1-3-4-11-16(2)19-22-20(17-12-7-5-8-13-17)24-21(23-19)18-14-9-6-10-15-18/h3-15H,1-2H2. The zero-order valence-electron chi connectivity index (χ0n) is 13.3. The maximum absolute atomic E-state index is 4.63. The van der Waals surface area contributed by atoms with Gasteiger partial charge in [0.25, 0.3) is 0 Å². The molecule has 0 bridgehead atoms. The van der Waals surface area contributed by atoms with Gasteiger partial charge in [-0.1, -0.05) is 92.0 Å². The summed E-state index contributed by atoms with van der Waals surface area (Å²) in [4.78, 5) is 13.8. The number of hydrogen-bond donors (Lipinski definition) is 0. The molecule has 3 rings (SSSR count). The number of benzene rings is 2. The highest BCUT2D eigenvalue weighted by atomic mass is 15.0. The van der Waals surface area contributed by atoms with Gasteiger partial charge in [0.1, 0.15) is 0 Å². The molecule has 3 aromatic rings. The van der Waals surface area contributed by atoms with E-state index in [0.717, 1.165) is 11.1 Å². The van der Waals surface area contributed by atoms with Crippen LogP contribution in [0.1, 0.15) is 5.82 Å². The number of aromatic nitrogens is 3. The molecule has 0 N–H and O–H groups in total. The Morgan fingerprint density at radius 2 is 1.25 bits per heavy atom. The number of rotatable bonds is 5. The summed E-state index contributed by atoms with van der Waals surface area (Å²) in [7, 11) is 0. The van der Waals surface area contributed by atoms with E-state index in [0.29, 0.717) is 23.0 Å². The molecule has 0 aliphatic heterocycles. The Bertz CT molecular complexity index is 824. The Kier molecular flexibility index (Phi) is 4.73. The van der Waals surface area contributed by atoms with E-state index in [1.807, 2.05) is 72.8 Å². The minimum Gasteiger partial charge on any atom is -0.208 e. The van der Waals surface area contributed by atoms with Crippen molar-refractivity contribution in [3.8, 4) is 22.8 Å². The average Bonchev–Trinajstić information content (AvgIpc) is 2.67. The molecule has 0 spiro atoms. The van der Waals surface area contributed by atoms with Crippen LogP contribution in [0.15, 0.2) is 92.0 Å². The van der Waals surface area contributed by atoms with Gasteiger partial charge in [0.15, 0.2) is 17.5 Å². The lowest BCUT2D eigenvalue weighted by Crippen LogP contribution is -2.01. The molecule has 0 saturated heterocycles. The van der Waals surface area contributed by atoms with Crippen molar-refractivity contribution in [3.05, 3.63) is 97.9 Å². The zero-order valence-corrected chi connectivity index (χ0v) is 13.3. The molecule has 0 radical (unpaired) electrons. The first-order chi connectivity index (χ1) is 11.8. The van der Waals surface area contributed by atoms with Crippen LogP contribution in [-0.4, -0.2) is 15.0 Å². The second kappa shape index (κ2) is 7.29. The molecule has 3 nitrogen and oxygen atoms in total. The van der Waals surface area contributed by atoms with Gasteiger partial charge in [0.05, 0.1) is 0 Å². The lowest BCUT2D eigenvalue weighted by atomic mass is 10.1. The Morgan fingerprint density at radius 1 is 0.750 bits per heavy atom. The quantitative estimate of drug-likeness (QED) is 0.625. The van der Waals surface area contributed by atoms with E-state index in [2.05, 4.69) is 28.1 Å². The lowest BCUT2D eigenvalue weighted by molar-refractivity contribution is 1.04. The lowest BCUT2D eigenvalue weighted by Gasteiger charge is -2.08. The SMILES string of the molecule is C=CC=CC(=C)c1nc(-c2ccccc2)nc(-c2ccccc2)n1. The first-order valence-electron chi connectivity index (χ1n) is 7.63. The smallest absolute Gasteiger partial charge is 0.164 e. The molecule has 24 heavy (non-hydrogen) atoms. The molecule has 0 amide bonds. The minimum absolute atomic E-state index is 0.556. The summed E-state index contributed by atoms with van der Waals surface area (Å²) in [6, 6.07) is 19.7. The normalized spacial score (nSPS) is 10.7. The maximum Gasteiger partial charge on any atom is 0.164 e. The molecule has 116 valence electrons. The van der Waals surface area contributed by atoms with Gasteiger partial charge in [0, 0.05) is 16.7 Å². The van der Waals surface area contributed by atoms with Crippen LogP contribution in [0.2, 0.25) is 0 Å². The van der Waals surface area contributed by atoms with Gasteiger partial charge in [-0.25, -0.2) is 15.0 Å². The highest BCUT2D eigenvalue weighted by molar-refractivity contribution is 5.71. The van der Waals surface area contributed by atoms with Crippen molar-refractivity contribution in [1.82, 2.24) is 15.0 Å². The topological polar surface area (TPSA) is 38.7 Å². The first kappa shape index (κ1) is 15.6. The molecule has 0 saturated carbocycles. The Morgan fingerprint density at radius 3 is 1.71 bits per heavy atom. The fourth-order valence-corrected chi connectivity index (χ4v) is 2.21. The van der Waals surface area contributed by atoms with Crippen LogP contribution in [0.25, 0.3) is 28.3 Å². The number of nitrogens with zero attached hydrogens (tertiary/aromatic N) is 3. The third kappa shape index (κ3) is 3.52. The van der Waals surface area contributed by atoms with Gasteiger partial charge in [-0.2, -0.15) is 0 Å². The van der Waals surface area contributed by atoms with Crippen LogP contribution in [0.5, 0.6) is 0 Å². The molecule has 0 aliphatic rings. The van der Waals surface area contributed by atoms with Crippen LogP contribution >= 0.6 is 0 Å². The predicted octanol–water partition coefficient (Wildman–Crippen LogP) is 4.96. The van der Waals surface area contributed by atoms with Gasteiger partial charge >= 0.3 is 0 Å². The van der Waals surface area contributed by atoms with Gasteiger partial charge in [-0.3, -0.25) is 0 Å². The number of hydrogen-bond acceptors (Lipinski definition) is 3. The van der Waals surface area contributed by atoms with Crippen molar-refractivity contribution in [2.45, 2.75) is 0 Å². The van der Waals surface area contributed by atoms with Crippen molar-refractivity contribution >= 4 is 5.57 Å². The van der Waals surface area contributed by atoms with Crippen molar-refractivity contribution in [2.24, 2.45) is 0 Å². The van der Waals surface area contributed by atoms with Crippen molar-refractivity contribution in [1.29, 1.82) is 0 Å². The van der Waals surface area contributed by atoms with Crippen LogP contribution in [0, 0.1) is 0 Å². The molecule has 3 heteroatoms. The van der Waals surface area contributed by atoms with E-state index in [9.17, 15) is 0 Å². The molecular formula is C21H17N3. The van der Waals surface area contributed by atoms with Crippen LogP contribution in [0.3, 0.4) is 0 Å². The van der Waals surface area contributed by atoms with Crippen molar-refractivity contribution in [3.63, 3.8) is 0 Å². The molecule has 1 heterocycles. The molecule has 2 aromatic carbocycles. The van der Waals surface area contributed by atoms with Gasteiger partial charge < -0.3 is 0 Å². The van der Waals surface area contributed by atoms with E-state index in [1.54, 1.807) is 6.08 Å². The van der Waals surface area contributed by atoms with Crippen molar-refractivity contribution < 1.29 is 0 Å². The van der Waals surface area contributed by atoms with E-state index in [1.165, 1.54) is 0 Å².